The van der Waals surface area contributed by atoms with Crippen LogP contribution in [0.3, 0.4) is 0 Å². The lowest BCUT2D eigenvalue weighted by Gasteiger charge is -2.23. The number of nitrogens with two attached hydrogens (primary N) is 1. The smallest absolute Gasteiger partial charge is 0.239 e. The summed E-state index contributed by atoms with van der Waals surface area (Å²) in [4.78, 5) is 6.57. The molecular weight excluding hydrogens is 214 g/mol. The van der Waals surface area contributed by atoms with Crippen LogP contribution in [-0.4, -0.2) is 24.7 Å². The van der Waals surface area contributed by atoms with Gasteiger partial charge < -0.3 is 15.4 Å². The third-order valence-corrected chi connectivity index (χ3v) is 3.16. The summed E-state index contributed by atoms with van der Waals surface area (Å²) in [5, 5.41) is 0. The second-order valence-electron chi connectivity index (χ2n) is 5.02. The van der Waals surface area contributed by atoms with Crippen molar-refractivity contribution in [1.29, 1.82) is 0 Å². The Labute approximate surface area is 103 Å². The van der Waals surface area contributed by atoms with Crippen LogP contribution in [0.2, 0.25) is 0 Å². The Morgan fingerprint density at radius 3 is 2.76 bits per heavy atom. The van der Waals surface area contributed by atoms with Gasteiger partial charge in [-0.3, -0.25) is 0 Å². The van der Waals surface area contributed by atoms with Gasteiger partial charge in [0, 0.05) is 13.1 Å². The number of hydrogen-bond donors (Lipinski definition) is 1. The van der Waals surface area contributed by atoms with E-state index in [1.54, 1.807) is 0 Å². The fourth-order valence-corrected chi connectivity index (χ4v) is 1.50. The largest absolute Gasteiger partial charge is 0.476 e. The normalized spacial score (nSPS) is 15.1. The molecule has 0 bridgehead atoms. The van der Waals surface area contributed by atoms with Crippen LogP contribution in [0.15, 0.2) is 12.1 Å². The minimum atomic E-state index is 0.405. The first-order valence-corrected chi connectivity index (χ1v) is 6.20. The number of nitrogen functional groups attached to an aromatic ring is 1. The molecule has 0 aliphatic heterocycles. The van der Waals surface area contributed by atoms with Gasteiger partial charge in [-0.15, -0.1) is 0 Å². The van der Waals surface area contributed by atoms with E-state index in [1.807, 2.05) is 19.2 Å². The highest BCUT2D eigenvalue weighted by Gasteiger charge is 2.22. The Kier molecular flexibility index (Phi) is 3.41. The third kappa shape index (κ3) is 3.02. The number of hydrogen-bond acceptors (Lipinski definition) is 4. The Morgan fingerprint density at radius 2 is 2.18 bits per heavy atom. The van der Waals surface area contributed by atoms with Gasteiger partial charge in [0.15, 0.2) is 0 Å². The van der Waals surface area contributed by atoms with Gasteiger partial charge in [0.05, 0.1) is 12.3 Å². The molecule has 0 unspecified atom stereocenters. The van der Waals surface area contributed by atoms with E-state index in [0.717, 1.165) is 12.4 Å². The SMILES string of the molecule is CC(C)N(C)c1ccc(N)c(OCC2CC2)n1. The van der Waals surface area contributed by atoms with Crippen LogP contribution in [-0.2, 0) is 0 Å². The van der Waals surface area contributed by atoms with E-state index in [-0.39, 0.29) is 0 Å². The molecule has 17 heavy (non-hydrogen) atoms. The summed E-state index contributed by atoms with van der Waals surface area (Å²) in [6.07, 6.45) is 2.54. The Balaban J connectivity index is 2.09. The summed E-state index contributed by atoms with van der Waals surface area (Å²) in [6, 6.07) is 4.20. The number of aromatic nitrogens is 1. The van der Waals surface area contributed by atoms with Crippen LogP contribution in [0.25, 0.3) is 0 Å². The fourth-order valence-electron chi connectivity index (χ4n) is 1.50. The van der Waals surface area contributed by atoms with E-state index in [0.29, 0.717) is 23.5 Å². The average Bonchev–Trinajstić information content (AvgIpc) is 3.11. The van der Waals surface area contributed by atoms with Gasteiger partial charge in [-0.25, -0.2) is 0 Å². The average molecular weight is 235 g/mol. The van der Waals surface area contributed by atoms with Gasteiger partial charge in [0.2, 0.25) is 5.88 Å². The van der Waals surface area contributed by atoms with Crippen LogP contribution in [0.4, 0.5) is 11.5 Å². The monoisotopic (exact) mass is 235 g/mol. The van der Waals surface area contributed by atoms with E-state index in [9.17, 15) is 0 Å². The van der Waals surface area contributed by atoms with E-state index >= 15 is 0 Å². The molecule has 1 aromatic heterocycles. The molecule has 0 spiro atoms. The Bertz CT molecular complexity index is 388. The van der Waals surface area contributed by atoms with Crippen molar-refractivity contribution >= 4 is 11.5 Å². The number of rotatable bonds is 5. The molecule has 2 rings (SSSR count). The molecule has 4 nitrogen and oxygen atoms in total. The second kappa shape index (κ2) is 4.82. The highest BCUT2D eigenvalue weighted by atomic mass is 16.5. The predicted octanol–water partition coefficient (Wildman–Crippen LogP) is 2.30. The van der Waals surface area contributed by atoms with Crippen LogP contribution in [0, 0.1) is 5.92 Å². The van der Waals surface area contributed by atoms with Crippen LogP contribution < -0.4 is 15.4 Å². The summed E-state index contributed by atoms with van der Waals surface area (Å²) in [5.41, 5.74) is 6.48. The van der Waals surface area contributed by atoms with Gasteiger partial charge in [-0.2, -0.15) is 4.98 Å². The molecule has 94 valence electrons. The quantitative estimate of drug-likeness (QED) is 0.850. The molecule has 1 aromatic rings. The maximum Gasteiger partial charge on any atom is 0.239 e. The van der Waals surface area contributed by atoms with Crippen molar-refractivity contribution in [1.82, 2.24) is 4.98 Å². The predicted molar refractivity (Wildman–Crippen MR) is 70.4 cm³/mol. The Morgan fingerprint density at radius 1 is 1.47 bits per heavy atom. The van der Waals surface area contributed by atoms with Crippen molar-refractivity contribution < 1.29 is 4.74 Å². The number of anilines is 2. The van der Waals surface area contributed by atoms with Gasteiger partial charge in [0.25, 0.3) is 0 Å². The van der Waals surface area contributed by atoms with E-state index in [1.165, 1.54) is 12.8 Å². The molecule has 0 saturated heterocycles. The summed E-state index contributed by atoms with van der Waals surface area (Å²) < 4.78 is 5.67. The third-order valence-electron chi connectivity index (χ3n) is 3.16. The fraction of sp³-hybridized carbons (Fsp3) is 0.615. The summed E-state index contributed by atoms with van der Waals surface area (Å²) in [7, 11) is 2.02. The zero-order valence-electron chi connectivity index (χ0n) is 10.8. The summed E-state index contributed by atoms with van der Waals surface area (Å²) >= 11 is 0. The standard InChI is InChI=1S/C13H21N3O/c1-9(2)16(3)12-7-6-11(14)13(15-12)17-8-10-4-5-10/h6-7,9-10H,4-5,8,14H2,1-3H3. The van der Waals surface area contributed by atoms with E-state index in [4.69, 9.17) is 10.5 Å². The first-order valence-electron chi connectivity index (χ1n) is 6.20. The van der Waals surface area contributed by atoms with Crippen molar-refractivity contribution in [2.75, 3.05) is 24.3 Å². The van der Waals surface area contributed by atoms with Gasteiger partial charge in [0.1, 0.15) is 5.82 Å². The van der Waals surface area contributed by atoms with Crippen molar-refractivity contribution in [3.05, 3.63) is 12.1 Å². The van der Waals surface area contributed by atoms with Crippen molar-refractivity contribution in [2.45, 2.75) is 32.7 Å². The van der Waals surface area contributed by atoms with Crippen LogP contribution >= 0.6 is 0 Å². The molecule has 2 N–H and O–H groups in total. The first-order chi connectivity index (χ1) is 8.08. The van der Waals surface area contributed by atoms with Crippen molar-refractivity contribution in [3.8, 4) is 5.88 Å². The van der Waals surface area contributed by atoms with Crippen LogP contribution in [0.1, 0.15) is 26.7 Å². The molecule has 0 aromatic carbocycles. The number of pyridine rings is 1. The lowest BCUT2D eigenvalue weighted by Crippen LogP contribution is -2.26. The molecule has 1 fully saturated rings. The molecule has 4 heteroatoms. The van der Waals surface area contributed by atoms with Crippen LogP contribution in [0.5, 0.6) is 5.88 Å². The topological polar surface area (TPSA) is 51.4 Å². The molecule has 1 aliphatic carbocycles. The maximum absolute atomic E-state index is 5.87. The zero-order valence-corrected chi connectivity index (χ0v) is 10.8. The maximum atomic E-state index is 5.87. The zero-order chi connectivity index (χ0) is 12.4. The summed E-state index contributed by atoms with van der Waals surface area (Å²) in [6.45, 7) is 5.00. The van der Waals surface area contributed by atoms with Gasteiger partial charge >= 0.3 is 0 Å². The van der Waals surface area contributed by atoms with E-state index < -0.39 is 0 Å². The molecule has 1 aliphatic rings. The van der Waals surface area contributed by atoms with Crippen molar-refractivity contribution in [2.24, 2.45) is 5.92 Å². The number of nitrogens with zero attached hydrogens (tertiary/aromatic N) is 2. The Hall–Kier alpha value is -1.45. The lowest BCUT2D eigenvalue weighted by atomic mass is 10.3. The number of ether oxygens (including phenoxy) is 1. The first kappa shape index (κ1) is 12.0. The minimum absolute atomic E-state index is 0.405. The molecule has 0 amide bonds. The molecule has 0 atom stereocenters. The molecular formula is C13H21N3O. The van der Waals surface area contributed by atoms with E-state index in [2.05, 4.69) is 23.7 Å². The lowest BCUT2D eigenvalue weighted by molar-refractivity contribution is 0.290. The molecule has 1 heterocycles. The second-order valence-corrected chi connectivity index (χ2v) is 5.02. The van der Waals surface area contributed by atoms with Gasteiger partial charge in [-0.05, 0) is 44.7 Å². The van der Waals surface area contributed by atoms with Crippen molar-refractivity contribution in [3.63, 3.8) is 0 Å². The molecule has 1 saturated carbocycles. The highest BCUT2D eigenvalue weighted by molar-refractivity contribution is 5.54. The van der Waals surface area contributed by atoms with Gasteiger partial charge in [-0.1, -0.05) is 0 Å². The highest BCUT2D eigenvalue weighted by Crippen LogP contribution is 2.31. The molecule has 0 radical (unpaired) electrons. The minimum Gasteiger partial charge on any atom is -0.476 e. The summed E-state index contributed by atoms with van der Waals surface area (Å²) in [5.74, 6) is 2.18.